The predicted octanol–water partition coefficient (Wildman–Crippen LogP) is 1.60. The largest absolute Gasteiger partial charge is 0.478 e. The zero-order valence-electron chi connectivity index (χ0n) is 16.1. The van der Waals surface area contributed by atoms with E-state index < -0.39 is 5.97 Å². The van der Waals surface area contributed by atoms with Crippen LogP contribution in [0.4, 0.5) is 11.4 Å². The molecule has 9 heteroatoms. The second-order valence-corrected chi connectivity index (χ2v) is 7.57. The van der Waals surface area contributed by atoms with Crippen molar-refractivity contribution in [2.45, 2.75) is 6.42 Å². The zero-order valence-corrected chi connectivity index (χ0v) is 16.9. The van der Waals surface area contributed by atoms with E-state index in [1.54, 1.807) is 29.4 Å². The summed E-state index contributed by atoms with van der Waals surface area (Å²) in [6.07, 6.45) is 0.691. The van der Waals surface area contributed by atoms with E-state index in [0.29, 0.717) is 37.5 Å². The molecule has 0 fully saturated rings. The molecule has 0 bridgehead atoms. The van der Waals surface area contributed by atoms with Gasteiger partial charge in [0.05, 0.1) is 30.1 Å². The summed E-state index contributed by atoms with van der Waals surface area (Å²) in [5.41, 5.74) is 1.06. The molecule has 0 spiro atoms. The number of carboxylic acids is 1. The second kappa shape index (κ2) is 9.64. The number of carbonyl (C=O) groups is 3. The van der Waals surface area contributed by atoms with E-state index in [1.807, 2.05) is 17.5 Å². The number of fused-ring (bicyclic) bond motifs is 1. The smallest absolute Gasteiger partial charge is 0.335 e. The van der Waals surface area contributed by atoms with Crippen molar-refractivity contribution in [3.63, 3.8) is 0 Å². The number of aromatic carboxylic acids is 1. The summed E-state index contributed by atoms with van der Waals surface area (Å²) in [6, 6.07) is 8.48. The van der Waals surface area contributed by atoms with E-state index in [4.69, 9.17) is 4.74 Å². The van der Waals surface area contributed by atoms with Crippen molar-refractivity contribution in [3.8, 4) is 0 Å². The zero-order chi connectivity index (χ0) is 20.8. The quantitative estimate of drug-likeness (QED) is 0.602. The Morgan fingerprint density at radius 3 is 2.79 bits per heavy atom. The fraction of sp³-hybridized carbons (Fsp3) is 0.350. The molecule has 8 nitrogen and oxygen atoms in total. The highest BCUT2D eigenvalue weighted by molar-refractivity contribution is 7.09. The third-order valence-corrected chi connectivity index (χ3v) is 5.56. The van der Waals surface area contributed by atoms with Gasteiger partial charge in [0, 0.05) is 25.1 Å². The second-order valence-electron chi connectivity index (χ2n) is 6.53. The van der Waals surface area contributed by atoms with Crippen molar-refractivity contribution in [3.05, 3.63) is 46.2 Å². The standard InChI is InChI=1S/C20H23N3O5S/c1-28-9-7-21-12-18(24)23-13-19(25)22(8-6-15-3-2-10-29-15)16-5-4-14(20(26)27)11-17(16)23/h2-5,10-11,21H,6-9,12-13H2,1H3,(H,26,27). The first-order valence-electron chi connectivity index (χ1n) is 9.21. The lowest BCUT2D eigenvalue weighted by atomic mass is 10.1. The summed E-state index contributed by atoms with van der Waals surface area (Å²) in [6.45, 7) is 1.34. The minimum absolute atomic E-state index is 0.0303. The van der Waals surface area contributed by atoms with Crippen LogP contribution in [0.1, 0.15) is 15.2 Å². The molecule has 0 atom stereocenters. The molecule has 0 radical (unpaired) electrons. The van der Waals surface area contributed by atoms with Crippen LogP contribution in [0.5, 0.6) is 0 Å². The van der Waals surface area contributed by atoms with Gasteiger partial charge in [0.1, 0.15) is 6.54 Å². The van der Waals surface area contributed by atoms with Crippen LogP contribution < -0.4 is 15.1 Å². The Bertz CT molecular complexity index is 884. The molecule has 1 aromatic carbocycles. The number of benzene rings is 1. The van der Waals surface area contributed by atoms with Crippen LogP contribution in [-0.2, 0) is 20.7 Å². The molecule has 154 valence electrons. The van der Waals surface area contributed by atoms with Crippen molar-refractivity contribution in [2.24, 2.45) is 0 Å². The Morgan fingerprint density at radius 2 is 2.10 bits per heavy atom. The maximum Gasteiger partial charge on any atom is 0.335 e. The normalized spacial score (nSPS) is 13.5. The molecule has 1 aliphatic heterocycles. The van der Waals surface area contributed by atoms with Gasteiger partial charge in [-0.25, -0.2) is 4.79 Å². The van der Waals surface area contributed by atoms with Gasteiger partial charge in [0.15, 0.2) is 0 Å². The summed E-state index contributed by atoms with van der Waals surface area (Å²) in [5.74, 6) is -1.57. The fourth-order valence-corrected chi connectivity index (χ4v) is 3.85. The average Bonchev–Trinajstić information content (AvgIpc) is 3.23. The van der Waals surface area contributed by atoms with Gasteiger partial charge in [-0.1, -0.05) is 6.07 Å². The number of thiophene rings is 1. The Morgan fingerprint density at radius 1 is 1.28 bits per heavy atom. The number of hydrogen-bond acceptors (Lipinski definition) is 6. The first-order chi connectivity index (χ1) is 14.0. The summed E-state index contributed by atoms with van der Waals surface area (Å²) in [7, 11) is 1.57. The monoisotopic (exact) mass is 417 g/mol. The molecule has 2 aromatic rings. The van der Waals surface area contributed by atoms with Crippen molar-refractivity contribution in [1.29, 1.82) is 0 Å². The topological polar surface area (TPSA) is 99.2 Å². The van der Waals surface area contributed by atoms with Crippen LogP contribution in [0.2, 0.25) is 0 Å². The van der Waals surface area contributed by atoms with Crippen LogP contribution >= 0.6 is 11.3 Å². The van der Waals surface area contributed by atoms with Gasteiger partial charge in [-0.2, -0.15) is 0 Å². The van der Waals surface area contributed by atoms with Crippen LogP contribution in [0.25, 0.3) is 0 Å². The molecule has 0 saturated heterocycles. The molecule has 0 aliphatic carbocycles. The fourth-order valence-electron chi connectivity index (χ4n) is 3.15. The Labute approximate surface area is 172 Å². The molecule has 3 rings (SSSR count). The van der Waals surface area contributed by atoms with Gasteiger partial charge in [-0.3, -0.25) is 14.5 Å². The maximum atomic E-state index is 12.8. The minimum Gasteiger partial charge on any atom is -0.478 e. The molecule has 2 amide bonds. The van der Waals surface area contributed by atoms with E-state index in [1.165, 1.54) is 17.0 Å². The third-order valence-electron chi connectivity index (χ3n) is 4.62. The number of anilines is 2. The highest BCUT2D eigenvalue weighted by Crippen LogP contribution is 2.35. The van der Waals surface area contributed by atoms with Crippen molar-refractivity contribution < 1.29 is 24.2 Å². The number of hydrogen-bond donors (Lipinski definition) is 2. The average molecular weight is 417 g/mol. The van der Waals surface area contributed by atoms with Gasteiger partial charge in [-0.15, -0.1) is 11.3 Å². The molecule has 1 aromatic heterocycles. The van der Waals surface area contributed by atoms with Gasteiger partial charge in [0.25, 0.3) is 0 Å². The highest BCUT2D eigenvalue weighted by Gasteiger charge is 2.32. The van der Waals surface area contributed by atoms with Gasteiger partial charge >= 0.3 is 5.97 Å². The van der Waals surface area contributed by atoms with Gasteiger partial charge < -0.3 is 20.1 Å². The van der Waals surface area contributed by atoms with Gasteiger partial charge in [-0.05, 0) is 36.1 Å². The lowest BCUT2D eigenvalue weighted by Crippen LogP contribution is -2.51. The Balaban J connectivity index is 1.84. The SMILES string of the molecule is COCCNCC(=O)N1CC(=O)N(CCc2cccs2)c2ccc(C(=O)O)cc21. The first-order valence-corrected chi connectivity index (χ1v) is 10.1. The number of nitrogens with zero attached hydrogens (tertiary/aromatic N) is 2. The third kappa shape index (κ3) is 5.00. The van der Waals surface area contributed by atoms with E-state index in [9.17, 15) is 19.5 Å². The van der Waals surface area contributed by atoms with Crippen LogP contribution in [0.3, 0.4) is 0 Å². The molecular weight excluding hydrogens is 394 g/mol. The number of methoxy groups -OCH3 is 1. The van der Waals surface area contributed by atoms with E-state index in [2.05, 4.69) is 5.32 Å². The molecular formula is C20H23N3O5S. The molecule has 2 N–H and O–H groups in total. The van der Waals surface area contributed by atoms with Crippen LogP contribution in [-0.4, -0.2) is 62.8 Å². The number of carboxylic acid groups (broad SMARTS) is 1. The van der Waals surface area contributed by atoms with Crippen molar-refractivity contribution in [2.75, 3.05) is 49.7 Å². The Kier molecular flexibility index (Phi) is 6.97. The molecule has 2 heterocycles. The molecule has 0 unspecified atom stereocenters. The number of rotatable bonds is 9. The first kappa shape index (κ1) is 21.0. The lowest BCUT2D eigenvalue weighted by molar-refractivity contribution is -0.122. The van der Waals surface area contributed by atoms with E-state index >= 15 is 0 Å². The van der Waals surface area contributed by atoms with Crippen LogP contribution in [0.15, 0.2) is 35.7 Å². The van der Waals surface area contributed by atoms with Crippen molar-refractivity contribution in [1.82, 2.24) is 5.32 Å². The minimum atomic E-state index is -1.08. The summed E-state index contributed by atoms with van der Waals surface area (Å²) >= 11 is 1.62. The highest BCUT2D eigenvalue weighted by atomic mass is 32.1. The number of ether oxygens (including phenoxy) is 1. The molecule has 1 aliphatic rings. The summed E-state index contributed by atoms with van der Waals surface area (Å²) in [5, 5.41) is 14.3. The predicted molar refractivity (Wildman–Crippen MR) is 111 cm³/mol. The van der Waals surface area contributed by atoms with E-state index in [0.717, 1.165) is 4.88 Å². The number of carbonyl (C=O) groups excluding carboxylic acids is 2. The van der Waals surface area contributed by atoms with E-state index in [-0.39, 0.29) is 30.5 Å². The number of amides is 2. The Hall–Kier alpha value is -2.75. The van der Waals surface area contributed by atoms with Crippen LogP contribution in [0, 0.1) is 0 Å². The maximum absolute atomic E-state index is 12.8. The molecule has 29 heavy (non-hydrogen) atoms. The summed E-state index contributed by atoms with van der Waals surface area (Å²) < 4.78 is 4.94. The lowest BCUT2D eigenvalue weighted by Gasteiger charge is -2.36. The number of nitrogens with one attached hydrogen (secondary N) is 1. The summed E-state index contributed by atoms with van der Waals surface area (Å²) in [4.78, 5) is 41.1. The molecule has 0 saturated carbocycles. The van der Waals surface area contributed by atoms with Gasteiger partial charge in [0.2, 0.25) is 11.8 Å². The van der Waals surface area contributed by atoms with Crippen molar-refractivity contribution >= 4 is 40.5 Å².